The van der Waals surface area contributed by atoms with Gasteiger partial charge in [-0.1, -0.05) is 11.8 Å². The molecule has 1 amide bonds. The molecule has 1 aliphatic heterocycles. The summed E-state index contributed by atoms with van der Waals surface area (Å²) < 4.78 is 14.4. The van der Waals surface area contributed by atoms with Gasteiger partial charge in [-0.3, -0.25) is 14.6 Å². The third kappa shape index (κ3) is 4.69. The van der Waals surface area contributed by atoms with Gasteiger partial charge in [0.1, 0.15) is 5.82 Å². The topological polar surface area (TPSA) is 84.5 Å². The van der Waals surface area contributed by atoms with Crippen molar-refractivity contribution in [3.05, 3.63) is 51.5 Å². The molecule has 1 aromatic heterocycles. The third-order valence-electron chi connectivity index (χ3n) is 4.18. The molecule has 0 unspecified atom stereocenters. The number of benzene rings is 1. The highest BCUT2D eigenvalue weighted by molar-refractivity contribution is 8.13. The number of carbonyl (C=O) groups excluding carboxylic acids is 2. The van der Waals surface area contributed by atoms with Gasteiger partial charge in [-0.2, -0.15) is 0 Å². The number of ketones is 1. The average Bonchev–Trinajstić information content (AvgIpc) is 3.07. The number of aliphatic imine (C=N–C) groups is 1. The molecular formula is C18H19ClFN3O2S2. The number of nitrogens with two attached hydrogens (primary N) is 1. The lowest BCUT2D eigenvalue weighted by atomic mass is 9.89. The Morgan fingerprint density at radius 3 is 2.59 bits per heavy atom. The van der Waals surface area contributed by atoms with Gasteiger partial charge in [0.05, 0.1) is 15.3 Å². The number of halogens is 2. The molecule has 9 heteroatoms. The summed E-state index contributed by atoms with van der Waals surface area (Å²) in [6.07, 6.45) is 0.652. The van der Waals surface area contributed by atoms with Crippen molar-refractivity contribution < 1.29 is 14.0 Å². The summed E-state index contributed by atoms with van der Waals surface area (Å²) in [5.74, 6) is -0.0572. The number of thiophene rings is 1. The molecule has 1 atom stereocenters. The number of anilines is 1. The van der Waals surface area contributed by atoms with Crippen molar-refractivity contribution in [2.24, 2.45) is 10.7 Å². The maximum atomic E-state index is 14.4. The fraction of sp³-hybridized carbons (Fsp3) is 0.278. The van der Waals surface area contributed by atoms with E-state index in [4.69, 9.17) is 5.73 Å². The van der Waals surface area contributed by atoms with Gasteiger partial charge in [0.15, 0.2) is 11.0 Å². The summed E-state index contributed by atoms with van der Waals surface area (Å²) in [7, 11) is 0. The summed E-state index contributed by atoms with van der Waals surface area (Å²) in [6, 6.07) is 7.64. The van der Waals surface area contributed by atoms with Gasteiger partial charge in [0, 0.05) is 17.0 Å². The highest BCUT2D eigenvalue weighted by Crippen LogP contribution is 2.37. The van der Waals surface area contributed by atoms with Gasteiger partial charge in [-0.25, -0.2) is 4.39 Å². The molecule has 0 saturated carbocycles. The first-order valence-electron chi connectivity index (χ1n) is 7.99. The second-order valence-corrected chi connectivity index (χ2v) is 8.39. The minimum atomic E-state index is -0.759. The van der Waals surface area contributed by atoms with Gasteiger partial charge in [0.25, 0.3) is 5.91 Å². The number of thioether (sulfide) groups is 1. The van der Waals surface area contributed by atoms with Gasteiger partial charge < -0.3 is 11.1 Å². The van der Waals surface area contributed by atoms with E-state index in [0.717, 1.165) is 17.1 Å². The SMILES string of the molecule is CC(=O)c1ccc(C(=O)Nc2ccc(F)c([C@]3(C)CCSC(N)=N3)c2)s1.Cl. The van der Waals surface area contributed by atoms with Crippen molar-refractivity contribution >= 4 is 58.1 Å². The smallest absolute Gasteiger partial charge is 0.265 e. The van der Waals surface area contributed by atoms with Crippen LogP contribution in [0.1, 0.15) is 45.2 Å². The third-order valence-corrected chi connectivity index (χ3v) is 6.16. The molecule has 0 fully saturated rings. The molecule has 1 aliphatic rings. The number of Topliss-reactive ketones (excluding diaryl/α,β-unsaturated/α-hetero) is 1. The van der Waals surface area contributed by atoms with Crippen LogP contribution in [0.2, 0.25) is 0 Å². The van der Waals surface area contributed by atoms with Crippen molar-refractivity contribution in [2.75, 3.05) is 11.1 Å². The zero-order valence-corrected chi connectivity index (χ0v) is 17.2. The molecule has 0 radical (unpaired) electrons. The van der Waals surface area contributed by atoms with Crippen LogP contribution < -0.4 is 11.1 Å². The van der Waals surface area contributed by atoms with Crippen LogP contribution in [0.15, 0.2) is 35.3 Å². The van der Waals surface area contributed by atoms with Gasteiger partial charge in [0.2, 0.25) is 0 Å². The van der Waals surface area contributed by atoms with Crippen LogP contribution in [0.5, 0.6) is 0 Å². The van der Waals surface area contributed by atoms with Crippen LogP contribution in [-0.2, 0) is 5.54 Å². The molecule has 2 heterocycles. The Labute approximate surface area is 171 Å². The van der Waals surface area contributed by atoms with E-state index in [9.17, 15) is 14.0 Å². The van der Waals surface area contributed by atoms with E-state index < -0.39 is 5.54 Å². The molecule has 0 bridgehead atoms. The molecule has 2 aromatic rings. The van der Waals surface area contributed by atoms with Crippen molar-refractivity contribution in [1.29, 1.82) is 0 Å². The number of amidine groups is 1. The minimum Gasteiger partial charge on any atom is -0.379 e. The molecule has 0 saturated heterocycles. The number of hydrogen-bond acceptors (Lipinski definition) is 6. The Morgan fingerprint density at radius 1 is 1.26 bits per heavy atom. The lowest BCUT2D eigenvalue weighted by molar-refractivity contribution is 0.101. The summed E-state index contributed by atoms with van der Waals surface area (Å²) in [5.41, 5.74) is 5.92. The first kappa shape index (κ1) is 21.4. The Bertz CT molecular complexity index is 916. The first-order chi connectivity index (χ1) is 12.3. The van der Waals surface area contributed by atoms with Crippen molar-refractivity contribution in [2.45, 2.75) is 25.8 Å². The maximum Gasteiger partial charge on any atom is 0.265 e. The predicted molar refractivity (Wildman–Crippen MR) is 112 cm³/mol. The highest BCUT2D eigenvalue weighted by Gasteiger charge is 2.32. The van der Waals surface area contributed by atoms with Crippen LogP contribution in [0, 0.1) is 5.82 Å². The zero-order valence-electron chi connectivity index (χ0n) is 14.7. The predicted octanol–water partition coefficient (Wildman–Crippen LogP) is 4.43. The van der Waals surface area contributed by atoms with Crippen LogP contribution in [0.25, 0.3) is 0 Å². The van der Waals surface area contributed by atoms with E-state index in [1.54, 1.807) is 18.2 Å². The molecule has 144 valence electrons. The number of amides is 1. The fourth-order valence-corrected chi connectivity index (χ4v) is 4.51. The van der Waals surface area contributed by atoms with Crippen LogP contribution in [-0.4, -0.2) is 22.6 Å². The Kier molecular flexibility index (Phi) is 6.67. The molecule has 27 heavy (non-hydrogen) atoms. The molecule has 3 N–H and O–H groups in total. The van der Waals surface area contributed by atoms with Crippen molar-refractivity contribution in [3.63, 3.8) is 0 Å². The van der Waals surface area contributed by atoms with E-state index in [0.29, 0.717) is 32.6 Å². The maximum absolute atomic E-state index is 14.4. The van der Waals surface area contributed by atoms with E-state index in [1.165, 1.54) is 30.8 Å². The van der Waals surface area contributed by atoms with E-state index >= 15 is 0 Å². The average molecular weight is 428 g/mol. The lowest BCUT2D eigenvalue weighted by Crippen LogP contribution is -2.29. The molecule has 5 nitrogen and oxygen atoms in total. The molecule has 0 aliphatic carbocycles. The second-order valence-electron chi connectivity index (χ2n) is 6.19. The molecule has 0 spiro atoms. The zero-order chi connectivity index (χ0) is 18.9. The monoisotopic (exact) mass is 427 g/mol. The number of rotatable bonds is 4. The fourth-order valence-electron chi connectivity index (χ4n) is 2.74. The van der Waals surface area contributed by atoms with Gasteiger partial charge >= 0.3 is 0 Å². The van der Waals surface area contributed by atoms with Crippen molar-refractivity contribution in [3.8, 4) is 0 Å². The first-order valence-corrected chi connectivity index (χ1v) is 9.79. The minimum absolute atomic E-state index is 0. The van der Waals surface area contributed by atoms with E-state index in [2.05, 4.69) is 10.3 Å². The Balaban J connectivity index is 0.00000261. The lowest BCUT2D eigenvalue weighted by Gasteiger charge is -2.30. The quantitative estimate of drug-likeness (QED) is 0.707. The van der Waals surface area contributed by atoms with Gasteiger partial charge in [-0.15, -0.1) is 23.7 Å². The van der Waals surface area contributed by atoms with Crippen LogP contribution in [0.4, 0.5) is 10.1 Å². The number of nitrogens with one attached hydrogen (secondary N) is 1. The summed E-state index contributed by atoms with van der Waals surface area (Å²) >= 11 is 2.57. The van der Waals surface area contributed by atoms with Crippen LogP contribution >= 0.6 is 35.5 Å². The summed E-state index contributed by atoms with van der Waals surface area (Å²) in [4.78, 5) is 29.1. The second kappa shape index (κ2) is 8.41. The normalized spacial score (nSPS) is 19.0. The van der Waals surface area contributed by atoms with E-state index in [-0.39, 0.29) is 29.9 Å². The highest BCUT2D eigenvalue weighted by atomic mass is 35.5. The van der Waals surface area contributed by atoms with E-state index in [1.807, 2.05) is 6.92 Å². The molecular weight excluding hydrogens is 409 g/mol. The van der Waals surface area contributed by atoms with Gasteiger partial charge in [-0.05, 0) is 50.6 Å². The molecule has 3 rings (SSSR count). The molecule has 1 aromatic carbocycles. The summed E-state index contributed by atoms with van der Waals surface area (Å²) in [6.45, 7) is 3.29. The van der Waals surface area contributed by atoms with Crippen LogP contribution in [0.3, 0.4) is 0 Å². The number of hydrogen-bond donors (Lipinski definition) is 2. The van der Waals surface area contributed by atoms with Crippen molar-refractivity contribution in [1.82, 2.24) is 0 Å². The number of carbonyl (C=O) groups is 2. The summed E-state index contributed by atoms with van der Waals surface area (Å²) in [5, 5.41) is 3.19. The Hall–Kier alpha value is -1.90. The largest absolute Gasteiger partial charge is 0.379 e. The Morgan fingerprint density at radius 2 is 1.96 bits per heavy atom. The standard InChI is InChI=1S/C18H18FN3O2S2.ClH/c1-10(23)14-5-6-15(26-14)16(24)21-11-3-4-13(19)12(9-11)18(2)7-8-25-17(20)22-18;/h3-6,9H,7-8H2,1-2H3,(H2,20,22)(H,21,24);1H/t18-;/m0./s1. The number of nitrogens with zero attached hydrogens (tertiary/aromatic N) is 1.